The van der Waals surface area contributed by atoms with E-state index in [1.54, 1.807) is 12.3 Å². The fourth-order valence-electron chi connectivity index (χ4n) is 5.34. The Morgan fingerprint density at radius 1 is 1.02 bits per heavy atom. The number of imidazole rings is 1. The third-order valence-electron chi connectivity index (χ3n) is 7.33. The van der Waals surface area contributed by atoms with E-state index in [0.717, 1.165) is 48.3 Å². The van der Waals surface area contributed by atoms with Gasteiger partial charge in [-0.3, -0.25) is 14.9 Å². The van der Waals surface area contributed by atoms with Crippen LogP contribution in [0.25, 0.3) is 44.7 Å². The Bertz CT molecular complexity index is 1880. The van der Waals surface area contributed by atoms with Gasteiger partial charge in [0.2, 0.25) is 5.91 Å². The molecule has 7 rings (SSSR count). The summed E-state index contributed by atoms with van der Waals surface area (Å²) >= 11 is 0. The van der Waals surface area contributed by atoms with Crippen molar-refractivity contribution in [3.8, 4) is 22.6 Å². The summed E-state index contributed by atoms with van der Waals surface area (Å²) in [6, 6.07) is 13.0. The highest BCUT2D eigenvalue weighted by atomic mass is 19.1. The molecule has 0 spiro atoms. The second-order valence-corrected chi connectivity index (χ2v) is 10.1. The van der Waals surface area contributed by atoms with Crippen molar-refractivity contribution in [1.82, 2.24) is 35.1 Å². The van der Waals surface area contributed by atoms with Gasteiger partial charge in [0.1, 0.15) is 17.0 Å². The monoisotopic (exact) mass is 547 g/mol. The fraction of sp³-hybridized carbons (Fsp3) is 0.200. The number of pyridine rings is 3. The van der Waals surface area contributed by atoms with Crippen molar-refractivity contribution in [3.05, 3.63) is 78.6 Å². The number of fused-ring (bicyclic) bond motifs is 2. The molecule has 10 nitrogen and oxygen atoms in total. The summed E-state index contributed by atoms with van der Waals surface area (Å²) in [6.07, 6.45) is 9.93. The van der Waals surface area contributed by atoms with Gasteiger partial charge in [0.25, 0.3) is 0 Å². The van der Waals surface area contributed by atoms with Crippen LogP contribution in [0.3, 0.4) is 0 Å². The molecule has 6 aromatic rings. The van der Waals surface area contributed by atoms with Crippen LogP contribution in [0.1, 0.15) is 24.8 Å². The Morgan fingerprint density at radius 3 is 2.73 bits per heavy atom. The molecule has 1 aliphatic rings. The molecule has 6 heterocycles. The standard InChI is InChI=1S/C30H26FN9O/c31-25-21(19-14-20(16-32-15-19)35-23(41)13-18-7-3-1-4-8-18)17-34-28-24(25)27(38-39-28)29-36-22-9-10-33-30(26(22)37-29)40-11-5-2-6-12-40/h1,3-4,7-10,14-17H,2,5-6,11-13H2,(H,35,41)(H,36,37)(H,34,38,39). The predicted octanol–water partition coefficient (Wildman–Crippen LogP) is 5.27. The first-order valence-electron chi connectivity index (χ1n) is 13.6. The van der Waals surface area contributed by atoms with Crippen LogP contribution in [-0.2, 0) is 11.2 Å². The van der Waals surface area contributed by atoms with Gasteiger partial charge in [-0.05, 0) is 37.0 Å². The van der Waals surface area contributed by atoms with Gasteiger partial charge < -0.3 is 15.2 Å². The Kier molecular flexibility index (Phi) is 6.31. The van der Waals surface area contributed by atoms with Crippen LogP contribution in [0.15, 0.2) is 67.3 Å². The van der Waals surface area contributed by atoms with Crippen molar-refractivity contribution in [2.75, 3.05) is 23.3 Å². The van der Waals surface area contributed by atoms with E-state index in [0.29, 0.717) is 28.4 Å². The zero-order chi connectivity index (χ0) is 27.8. The smallest absolute Gasteiger partial charge is 0.228 e. The number of amides is 1. The molecule has 0 radical (unpaired) electrons. The number of hydrogen-bond acceptors (Lipinski definition) is 7. The number of carbonyl (C=O) groups is 1. The normalized spacial score (nSPS) is 13.6. The molecule has 1 fully saturated rings. The number of anilines is 2. The summed E-state index contributed by atoms with van der Waals surface area (Å²) in [5.74, 6) is 0.546. The number of aromatic amines is 2. The summed E-state index contributed by atoms with van der Waals surface area (Å²) in [5.41, 5.74) is 4.23. The number of halogens is 1. The highest BCUT2D eigenvalue weighted by molar-refractivity contribution is 5.96. The Hall–Kier alpha value is -5.19. The van der Waals surface area contributed by atoms with Crippen molar-refractivity contribution < 1.29 is 9.18 Å². The highest BCUT2D eigenvalue weighted by Gasteiger charge is 2.23. The lowest BCUT2D eigenvalue weighted by Crippen LogP contribution is -2.30. The number of piperidine rings is 1. The molecule has 0 saturated carbocycles. The molecule has 1 aromatic carbocycles. The molecule has 0 unspecified atom stereocenters. The van der Waals surface area contributed by atoms with Gasteiger partial charge >= 0.3 is 0 Å². The fourth-order valence-corrected chi connectivity index (χ4v) is 5.34. The molecule has 11 heteroatoms. The minimum absolute atomic E-state index is 0.190. The quantitative estimate of drug-likeness (QED) is 0.259. The number of hydrogen-bond donors (Lipinski definition) is 3. The summed E-state index contributed by atoms with van der Waals surface area (Å²) in [7, 11) is 0. The average molecular weight is 548 g/mol. The van der Waals surface area contributed by atoms with Gasteiger partial charge in [-0.25, -0.2) is 19.3 Å². The van der Waals surface area contributed by atoms with Crippen LogP contribution in [0.4, 0.5) is 15.9 Å². The number of nitrogens with zero attached hydrogens (tertiary/aromatic N) is 6. The van der Waals surface area contributed by atoms with Crippen molar-refractivity contribution >= 4 is 39.5 Å². The molecular formula is C30H26FN9O. The molecule has 204 valence electrons. The molecule has 41 heavy (non-hydrogen) atoms. The zero-order valence-corrected chi connectivity index (χ0v) is 22.1. The Balaban J connectivity index is 1.22. The maximum absolute atomic E-state index is 16.2. The predicted molar refractivity (Wildman–Crippen MR) is 155 cm³/mol. The molecule has 0 aliphatic carbocycles. The first kappa shape index (κ1) is 24.8. The van der Waals surface area contributed by atoms with Gasteiger partial charge in [0.05, 0.1) is 29.2 Å². The van der Waals surface area contributed by atoms with Gasteiger partial charge in [0.15, 0.2) is 17.3 Å². The molecule has 1 aliphatic heterocycles. The average Bonchev–Trinajstić information content (AvgIpc) is 3.63. The van der Waals surface area contributed by atoms with Crippen molar-refractivity contribution in [3.63, 3.8) is 0 Å². The highest BCUT2D eigenvalue weighted by Crippen LogP contribution is 2.34. The zero-order valence-electron chi connectivity index (χ0n) is 22.1. The van der Waals surface area contributed by atoms with Gasteiger partial charge in [0, 0.05) is 42.8 Å². The third kappa shape index (κ3) is 4.75. The lowest BCUT2D eigenvalue weighted by atomic mass is 10.1. The SMILES string of the molecule is O=C(Cc1ccccc1)Nc1cncc(-c2cnc3[nH]nc(-c4nc5c(N6CCCCC6)nccc5[nH]4)c3c2F)c1. The number of H-pyrrole nitrogens is 2. The second kappa shape index (κ2) is 10.4. The second-order valence-electron chi connectivity index (χ2n) is 10.1. The summed E-state index contributed by atoms with van der Waals surface area (Å²) in [5, 5.41) is 10.3. The van der Waals surface area contributed by atoms with Crippen molar-refractivity contribution in [2.24, 2.45) is 0 Å². The Labute approximate surface area is 234 Å². The molecule has 5 aromatic heterocycles. The number of carbonyl (C=O) groups excluding carboxylic acids is 1. The Morgan fingerprint density at radius 2 is 1.88 bits per heavy atom. The molecular weight excluding hydrogens is 521 g/mol. The largest absolute Gasteiger partial charge is 0.355 e. The molecule has 1 amide bonds. The minimum Gasteiger partial charge on any atom is -0.355 e. The molecule has 0 bridgehead atoms. The minimum atomic E-state index is -0.511. The molecule has 1 saturated heterocycles. The van der Waals surface area contributed by atoms with Crippen LogP contribution >= 0.6 is 0 Å². The van der Waals surface area contributed by atoms with Crippen LogP contribution < -0.4 is 10.2 Å². The number of benzene rings is 1. The topological polar surface area (TPSA) is 128 Å². The van der Waals surface area contributed by atoms with Gasteiger partial charge in [-0.1, -0.05) is 30.3 Å². The van der Waals surface area contributed by atoms with Crippen LogP contribution in [0.2, 0.25) is 0 Å². The van der Waals surface area contributed by atoms with Crippen molar-refractivity contribution in [2.45, 2.75) is 25.7 Å². The van der Waals surface area contributed by atoms with Crippen LogP contribution in [-0.4, -0.2) is 54.1 Å². The maximum atomic E-state index is 16.2. The summed E-state index contributed by atoms with van der Waals surface area (Å²) in [4.78, 5) is 36.2. The van der Waals surface area contributed by atoms with E-state index in [-0.39, 0.29) is 23.3 Å². The number of rotatable bonds is 6. The van der Waals surface area contributed by atoms with Crippen LogP contribution in [0, 0.1) is 5.82 Å². The molecule has 0 atom stereocenters. The van der Waals surface area contributed by atoms with E-state index in [1.807, 2.05) is 36.4 Å². The lowest BCUT2D eigenvalue weighted by molar-refractivity contribution is -0.115. The number of aromatic nitrogens is 7. The van der Waals surface area contributed by atoms with E-state index in [1.165, 1.54) is 25.0 Å². The van der Waals surface area contributed by atoms with Gasteiger partial charge in [-0.15, -0.1) is 0 Å². The summed E-state index contributed by atoms with van der Waals surface area (Å²) in [6.45, 7) is 1.86. The lowest BCUT2D eigenvalue weighted by Gasteiger charge is -2.27. The van der Waals surface area contributed by atoms with E-state index in [9.17, 15) is 4.79 Å². The van der Waals surface area contributed by atoms with Gasteiger partial charge in [-0.2, -0.15) is 5.10 Å². The van der Waals surface area contributed by atoms with E-state index in [2.05, 4.69) is 40.3 Å². The first-order chi connectivity index (χ1) is 20.1. The summed E-state index contributed by atoms with van der Waals surface area (Å²) < 4.78 is 16.2. The maximum Gasteiger partial charge on any atom is 0.228 e. The molecule has 3 N–H and O–H groups in total. The van der Waals surface area contributed by atoms with E-state index in [4.69, 9.17) is 4.98 Å². The van der Waals surface area contributed by atoms with E-state index < -0.39 is 5.82 Å². The van der Waals surface area contributed by atoms with E-state index >= 15 is 4.39 Å². The third-order valence-corrected chi connectivity index (χ3v) is 7.33. The van der Waals surface area contributed by atoms with Crippen LogP contribution in [0.5, 0.6) is 0 Å². The number of nitrogens with one attached hydrogen (secondary N) is 3. The van der Waals surface area contributed by atoms with Crippen molar-refractivity contribution in [1.29, 1.82) is 0 Å². The first-order valence-corrected chi connectivity index (χ1v) is 13.6.